The summed E-state index contributed by atoms with van der Waals surface area (Å²) in [5, 5.41) is 11.8. The van der Waals surface area contributed by atoms with Gasteiger partial charge in [0.25, 0.3) is 0 Å². The molecule has 2 aliphatic heterocycles. The molecular formula is C24H29N5O3S. The van der Waals surface area contributed by atoms with Gasteiger partial charge in [0.05, 0.1) is 10.5 Å². The third-order valence-corrected chi connectivity index (χ3v) is 8.33. The number of carbonyl (C=O) groups excluding carboxylic acids is 1. The van der Waals surface area contributed by atoms with E-state index >= 15 is 0 Å². The molecule has 3 heterocycles. The number of nitrogens with one attached hydrogen (secondary N) is 1. The van der Waals surface area contributed by atoms with Crippen LogP contribution in [0, 0.1) is 23.2 Å². The first-order chi connectivity index (χ1) is 15.9. The van der Waals surface area contributed by atoms with Crippen molar-refractivity contribution in [1.29, 1.82) is 5.26 Å². The van der Waals surface area contributed by atoms with E-state index in [4.69, 9.17) is 5.26 Å². The van der Waals surface area contributed by atoms with Gasteiger partial charge in [-0.05, 0) is 68.0 Å². The number of hydrogen-bond acceptors (Lipinski definition) is 6. The van der Waals surface area contributed by atoms with Gasteiger partial charge in [0, 0.05) is 44.0 Å². The van der Waals surface area contributed by atoms with Crippen LogP contribution in [0.1, 0.15) is 38.2 Å². The highest BCUT2D eigenvalue weighted by atomic mass is 32.2. The van der Waals surface area contributed by atoms with Gasteiger partial charge in [0.15, 0.2) is 0 Å². The van der Waals surface area contributed by atoms with E-state index in [9.17, 15) is 13.2 Å². The molecule has 33 heavy (non-hydrogen) atoms. The Balaban J connectivity index is 1.32. The van der Waals surface area contributed by atoms with E-state index in [2.05, 4.69) is 28.2 Å². The molecule has 0 aliphatic carbocycles. The minimum Gasteiger partial charge on any atom is -0.357 e. The average molecular weight is 468 g/mol. The van der Waals surface area contributed by atoms with E-state index in [0.717, 1.165) is 18.7 Å². The monoisotopic (exact) mass is 467 g/mol. The third-order valence-electron chi connectivity index (χ3n) is 6.45. The number of piperidine rings is 2. The minimum absolute atomic E-state index is 0.0529. The molecule has 8 nitrogen and oxygen atoms in total. The highest BCUT2D eigenvalue weighted by Gasteiger charge is 2.29. The van der Waals surface area contributed by atoms with Crippen molar-refractivity contribution in [2.75, 3.05) is 36.4 Å². The molecule has 1 N–H and O–H groups in total. The topological polar surface area (TPSA) is 106 Å². The number of sulfonamides is 1. The molecular weight excluding hydrogens is 438 g/mol. The second kappa shape index (κ2) is 9.89. The molecule has 2 aliphatic rings. The molecule has 0 bridgehead atoms. The van der Waals surface area contributed by atoms with Crippen molar-refractivity contribution >= 4 is 27.4 Å². The third kappa shape index (κ3) is 5.34. The largest absolute Gasteiger partial charge is 0.357 e. The normalized spacial score (nSPS) is 20.2. The Kier molecular flexibility index (Phi) is 6.96. The number of hydrogen-bond donors (Lipinski definition) is 1. The molecule has 0 saturated carbocycles. The lowest BCUT2D eigenvalue weighted by molar-refractivity contribution is -0.120. The maximum atomic E-state index is 12.9. The maximum Gasteiger partial charge on any atom is 0.243 e. The number of rotatable bonds is 5. The zero-order chi connectivity index (χ0) is 23.4. The summed E-state index contributed by atoms with van der Waals surface area (Å²) in [4.78, 5) is 19.5. The Bertz CT molecular complexity index is 1120. The van der Waals surface area contributed by atoms with E-state index in [0.29, 0.717) is 56.2 Å². The van der Waals surface area contributed by atoms with Crippen LogP contribution >= 0.6 is 0 Å². The molecule has 0 radical (unpaired) electrons. The van der Waals surface area contributed by atoms with E-state index in [1.54, 1.807) is 40.8 Å². The predicted molar refractivity (Wildman–Crippen MR) is 126 cm³/mol. The van der Waals surface area contributed by atoms with Crippen LogP contribution in [0.3, 0.4) is 0 Å². The molecule has 1 atom stereocenters. The van der Waals surface area contributed by atoms with Crippen molar-refractivity contribution in [3.8, 4) is 6.07 Å². The van der Waals surface area contributed by atoms with Gasteiger partial charge in [-0.1, -0.05) is 6.92 Å². The molecule has 1 unspecified atom stereocenters. The standard InChI is InChI=1S/C24H29N5O3S/c1-18-3-2-12-29(17-18)33(31,32)22-7-5-21(6-8-22)27-24(30)20-10-13-28(14-11-20)23-9-4-19(15-25)16-26-23/h4-9,16,18,20H,2-3,10-14,17H2,1H3,(H,27,30). The summed E-state index contributed by atoms with van der Waals surface area (Å²) < 4.78 is 27.4. The van der Waals surface area contributed by atoms with Crippen molar-refractivity contribution in [1.82, 2.24) is 9.29 Å². The average Bonchev–Trinajstić information content (AvgIpc) is 2.84. The molecule has 9 heteroatoms. The summed E-state index contributed by atoms with van der Waals surface area (Å²) in [7, 11) is -3.51. The zero-order valence-electron chi connectivity index (χ0n) is 18.8. The molecule has 1 aromatic carbocycles. The number of benzene rings is 1. The summed E-state index contributed by atoms with van der Waals surface area (Å²) in [5.74, 6) is 1.01. The summed E-state index contributed by atoms with van der Waals surface area (Å²) in [6.45, 7) is 4.61. The van der Waals surface area contributed by atoms with E-state index in [1.807, 2.05) is 6.07 Å². The molecule has 2 fully saturated rings. The van der Waals surface area contributed by atoms with Crippen LogP contribution in [0.25, 0.3) is 0 Å². The molecule has 4 rings (SSSR count). The van der Waals surface area contributed by atoms with Crippen LogP contribution in [0.2, 0.25) is 0 Å². The van der Waals surface area contributed by atoms with Crippen molar-refractivity contribution in [2.45, 2.75) is 37.5 Å². The quantitative estimate of drug-likeness (QED) is 0.724. The summed E-state index contributed by atoms with van der Waals surface area (Å²) in [6.07, 6.45) is 4.90. The Labute approximate surface area is 195 Å². The van der Waals surface area contributed by atoms with Crippen LogP contribution < -0.4 is 10.2 Å². The fourth-order valence-electron chi connectivity index (χ4n) is 4.48. The van der Waals surface area contributed by atoms with E-state index < -0.39 is 10.0 Å². The zero-order valence-corrected chi connectivity index (χ0v) is 19.6. The highest BCUT2D eigenvalue weighted by molar-refractivity contribution is 7.89. The molecule has 2 aromatic rings. The first kappa shape index (κ1) is 23.2. The predicted octanol–water partition coefficient (Wildman–Crippen LogP) is 3.23. The van der Waals surface area contributed by atoms with Gasteiger partial charge in [0.2, 0.25) is 15.9 Å². The summed E-state index contributed by atoms with van der Waals surface area (Å²) >= 11 is 0. The lowest BCUT2D eigenvalue weighted by Gasteiger charge is -2.32. The fourth-order valence-corrected chi connectivity index (χ4v) is 6.08. The first-order valence-electron chi connectivity index (χ1n) is 11.4. The van der Waals surface area contributed by atoms with Gasteiger partial charge in [-0.15, -0.1) is 0 Å². The summed E-state index contributed by atoms with van der Waals surface area (Å²) in [6, 6.07) is 12.1. The van der Waals surface area contributed by atoms with Crippen LogP contribution in [-0.2, 0) is 14.8 Å². The Hall–Kier alpha value is -2.96. The van der Waals surface area contributed by atoms with Gasteiger partial charge >= 0.3 is 0 Å². The van der Waals surface area contributed by atoms with E-state index in [-0.39, 0.29) is 16.7 Å². The lowest BCUT2D eigenvalue weighted by atomic mass is 9.95. The molecule has 1 amide bonds. The number of aromatic nitrogens is 1. The Morgan fingerprint density at radius 1 is 1.09 bits per heavy atom. The van der Waals surface area contributed by atoms with Crippen molar-refractivity contribution in [2.24, 2.45) is 11.8 Å². The summed E-state index contributed by atoms with van der Waals surface area (Å²) in [5.41, 5.74) is 1.12. The van der Waals surface area contributed by atoms with Crippen LogP contribution in [0.15, 0.2) is 47.5 Å². The van der Waals surface area contributed by atoms with Gasteiger partial charge in [-0.25, -0.2) is 13.4 Å². The maximum absolute atomic E-state index is 12.9. The number of amides is 1. The van der Waals surface area contributed by atoms with Crippen LogP contribution in [-0.4, -0.2) is 49.8 Å². The van der Waals surface area contributed by atoms with E-state index in [1.165, 1.54) is 0 Å². The number of pyridine rings is 1. The lowest BCUT2D eigenvalue weighted by Crippen LogP contribution is -2.39. The SMILES string of the molecule is CC1CCCN(S(=O)(=O)c2ccc(NC(=O)C3CCN(c4ccc(C#N)cn4)CC3)cc2)C1. The molecule has 2 saturated heterocycles. The van der Waals surface area contributed by atoms with Crippen molar-refractivity contribution in [3.05, 3.63) is 48.2 Å². The number of nitrogens with zero attached hydrogens (tertiary/aromatic N) is 4. The number of nitriles is 1. The second-order valence-corrected chi connectivity index (χ2v) is 10.8. The molecule has 1 aromatic heterocycles. The molecule has 0 spiro atoms. The van der Waals surface area contributed by atoms with Gasteiger partial charge in [-0.2, -0.15) is 9.57 Å². The Morgan fingerprint density at radius 3 is 2.42 bits per heavy atom. The van der Waals surface area contributed by atoms with Gasteiger partial charge < -0.3 is 10.2 Å². The van der Waals surface area contributed by atoms with Crippen LogP contribution in [0.4, 0.5) is 11.5 Å². The number of carbonyl (C=O) groups is 1. The minimum atomic E-state index is -3.51. The second-order valence-electron chi connectivity index (χ2n) is 8.90. The smallest absolute Gasteiger partial charge is 0.243 e. The van der Waals surface area contributed by atoms with Gasteiger partial charge in [-0.3, -0.25) is 4.79 Å². The van der Waals surface area contributed by atoms with Crippen molar-refractivity contribution < 1.29 is 13.2 Å². The molecule has 174 valence electrons. The fraction of sp³-hybridized carbons (Fsp3) is 0.458. The van der Waals surface area contributed by atoms with Crippen LogP contribution in [0.5, 0.6) is 0 Å². The van der Waals surface area contributed by atoms with Crippen molar-refractivity contribution in [3.63, 3.8) is 0 Å². The number of anilines is 2. The first-order valence-corrected chi connectivity index (χ1v) is 12.8. The Morgan fingerprint density at radius 2 is 1.82 bits per heavy atom. The van der Waals surface area contributed by atoms with Gasteiger partial charge in [0.1, 0.15) is 11.9 Å². The highest BCUT2D eigenvalue weighted by Crippen LogP contribution is 2.26.